The molecule has 0 aliphatic rings. The van der Waals surface area contributed by atoms with Crippen LogP contribution in [0.1, 0.15) is 15.9 Å². The van der Waals surface area contributed by atoms with E-state index in [1.54, 1.807) is 30.3 Å². The first-order valence-electron chi connectivity index (χ1n) is 5.89. The SMILES string of the molecule is N/C(=N/O)c1ccc(Br)cc1NC(=O)c1cccc(O)c1. The molecule has 2 aromatic rings. The number of amides is 1. The highest BCUT2D eigenvalue weighted by Crippen LogP contribution is 2.22. The Hall–Kier alpha value is -2.54. The molecule has 0 atom stereocenters. The lowest BCUT2D eigenvalue weighted by atomic mass is 10.1. The van der Waals surface area contributed by atoms with Gasteiger partial charge < -0.3 is 21.4 Å². The summed E-state index contributed by atoms with van der Waals surface area (Å²) in [6.45, 7) is 0. The molecule has 0 aliphatic heterocycles. The van der Waals surface area contributed by atoms with Crippen molar-refractivity contribution in [2.75, 3.05) is 5.32 Å². The maximum atomic E-state index is 12.2. The topological polar surface area (TPSA) is 108 Å². The van der Waals surface area contributed by atoms with Crippen molar-refractivity contribution in [3.8, 4) is 5.75 Å². The highest BCUT2D eigenvalue weighted by molar-refractivity contribution is 9.10. The lowest BCUT2D eigenvalue weighted by molar-refractivity contribution is 0.102. The van der Waals surface area contributed by atoms with E-state index in [1.807, 2.05) is 0 Å². The van der Waals surface area contributed by atoms with Gasteiger partial charge in [-0.05, 0) is 36.4 Å². The molecule has 0 fully saturated rings. The Morgan fingerprint density at radius 2 is 2.00 bits per heavy atom. The molecule has 2 aromatic carbocycles. The van der Waals surface area contributed by atoms with E-state index >= 15 is 0 Å². The average molecular weight is 350 g/mol. The highest BCUT2D eigenvalue weighted by atomic mass is 79.9. The molecule has 0 unspecified atom stereocenters. The third kappa shape index (κ3) is 3.51. The van der Waals surface area contributed by atoms with Crippen LogP contribution in [0.25, 0.3) is 0 Å². The molecule has 1 amide bonds. The first kappa shape index (κ1) is 14.9. The van der Waals surface area contributed by atoms with Crippen LogP contribution in [0.3, 0.4) is 0 Å². The summed E-state index contributed by atoms with van der Waals surface area (Å²) in [7, 11) is 0. The van der Waals surface area contributed by atoms with Crippen LogP contribution >= 0.6 is 15.9 Å². The lowest BCUT2D eigenvalue weighted by Gasteiger charge is -2.11. The van der Waals surface area contributed by atoms with Gasteiger partial charge in [-0.25, -0.2) is 0 Å². The van der Waals surface area contributed by atoms with Crippen molar-refractivity contribution in [3.05, 3.63) is 58.1 Å². The van der Waals surface area contributed by atoms with Gasteiger partial charge in [0.25, 0.3) is 5.91 Å². The van der Waals surface area contributed by atoms with E-state index in [1.165, 1.54) is 12.1 Å². The predicted molar refractivity (Wildman–Crippen MR) is 82.7 cm³/mol. The number of nitrogens with two attached hydrogens (primary N) is 1. The molecule has 0 bridgehead atoms. The summed E-state index contributed by atoms with van der Waals surface area (Å²) in [5, 5.41) is 23.8. The quantitative estimate of drug-likeness (QED) is 0.295. The second kappa shape index (κ2) is 6.27. The number of benzene rings is 2. The third-order valence-electron chi connectivity index (χ3n) is 2.72. The minimum absolute atomic E-state index is 0.00597. The normalized spacial score (nSPS) is 11.2. The number of anilines is 1. The van der Waals surface area contributed by atoms with E-state index in [2.05, 4.69) is 26.4 Å². The Bertz CT molecular complexity index is 716. The van der Waals surface area contributed by atoms with E-state index in [4.69, 9.17) is 10.9 Å². The Balaban J connectivity index is 2.35. The number of rotatable bonds is 3. The largest absolute Gasteiger partial charge is 0.508 e. The van der Waals surface area contributed by atoms with Gasteiger partial charge in [0.1, 0.15) is 5.75 Å². The van der Waals surface area contributed by atoms with E-state index in [0.717, 1.165) is 4.47 Å². The second-order valence-corrected chi connectivity index (χ2v) is 5.10. The fraction of sp³-hybridized carbons (Fsp3) is 0. The maximum absolute atomic E-state index is 12.2. The predicted octanol–water partition coefficient (Wildman–Crippen LogP) is 2.50. The molecule has 0 spiro atoms. The number of phenols is 1. The van der Waals surface area contributed by atoms with Crippen molar-refractivity contribution >= 4 is 33.4 Å². The number of carbonyl (C=O) groups excluding carboxylic acids is 1. The summed E-state index contributed by atoms with van der Waals surface area (Å²) >= 11 is 3.29. The molecule has 0 saturated heterocycles. The van der Waals surface area contributed by atoms with Gasteiger partial charge >= 0.3 is 0 Å². The molecule has 5 N–H and O–H groups in total. The van der Waals surface area contributed by atoms with Crippen LogP contribution in [0.2, 0.25) is 0 Å². The highest BCUT2D eigenvalue weighted by Gasteiger charge is 2.12. The van der Waals surface area contributed by atoms with Gasteiger partial charge in [0.15, 0.2) is 5.84 Å². The van der Waals surface area contributed by atoms with E-state index in [9.17, 15) is 9.90 Å². The summed E-state index contributed by atoms with van der Waals surface area (Å²) in [4.78, 5) is 12.2. The molecule has 0 aliphatic carbocycles. The van der Waals surface area contributed by atoms with E-state index < -0.39 is 5.91 Å². The van der Waals surface area contributed by atoms with Crippen LogP contribution in [0.15, 0.2) is 52.1 Å². The van der Waals surface area contributed by atoms with Gasteiger partial charge in [0.2, 0.25) is 0 Å². The van der Waals surface area contributed by atoms with Crippen molar-refractivity contribution in [3.63, 3.8) is 0 Å². The van der Waals surface area contributed by atoms with Gasteiger partial charge in [-0.15, -0.1) is 0 Å². The van der Waals surface area contributed by atoms with Gasteiger partial charge in [-0.2, -0.15) is 0 Å². The summed E-state index contributed by atoms with van der Waals surface area (Å²) in [6, 6.07) is 10.9. The van der Waals surface area contributed by atoms with Crippen LogP contribution in [-0.4, -0.2) is 22.1 Å². The monoisotopic (exact) mass is 349 g/mol. The van der Waals surface area contributed by atoms with Gasteiger partial charge in [0, 0.05) is 15.6 Å². The van der Waals surface area contributed by atoms with Crippen molar-refractivity contribution in [2.24, 2.45) is 10.9 Å². The minimum Gasteiger partial charge on any atom is -0.508 e. The number of hydrogen-bond acceptors (Lipinski definition) is 4. The summed E-state index contributed by atoms with van der Waals surface area (Å²) in [6.07, 6.45) is 0. The van der Waals surface area contributed by atoms with Crippen LogP contribution in [0.4, 0.5) is 5.69 Å². The van der Waals surface area contributed by atoms with Gasteiger partial charge in [-0.3, -0.25) is 4.79 Å². The standard InChI is InChI=1S/C14H12BrN3O3/c15-9-4-5-11(13(16)18-21)12(7-9)17-14(20)8-2-1-3-10(19)6-8/h1-7,19,21H,(H2,16,18)(H,17,20). The van der Waals surface area contributed by atoms with Crippen LogP contribution in [-0.2, 0) is 0 Å². The molecule has 0 aromatic heterocycles. The number of halogens is 1. The average Bonchev–Trinajstić information content (AvgIpc) is 2.46. The first-order chi connectivity index (χ1) is 10.0. The fourth-order valence-corrected chi connectivity index (χ4v) is 2.10. The molecule has 2 rings (SSSR count). The van der Waals surface area contributed by atoms with Crippen molar-refractivity contribution in [1.29, 1.82) is 0 Å². The molecule has 0 saturated carbocycles. The number of aromatic hydroxyl groups is 1. The van der Waals surface area contributed by atoms with E-state index in [0.29, 0.717) is 16.8 Å². The Morgan fingerprint density at radius 1 is 1.24 bits per heavy atom. The van der Waals surface area contributed by atoms with E-state index in [-0.39, 0.29) is 11.6 Å². The number of amidine groups is 1. The number of carbonyl (C=O) groups is 1. The van der Waals surface area contributed by atoms with Crippen molar-refractivity contribution in [1.82, 2.24) is 0 Å². The molecule has 6 nitrogen and oxygen atoms in total. The van der Waals surface area contributed by atoms with Crippen LogP contribution in [0, 0.1) is 0 Å². The maximum Gasteiger partial charge on any atom is 0.255 e. The first-order valence-corrected chi connectivity index (χ1v) is 6.68. The molecule has 7 heteroatoms. The van der Waals surface area contributed by atoms with Crippen molar-refractivity contribution in [2.45, 2.75) is 0 Å². The zero-order valence-corrected chi connectivity index (χ0v) is 12.3. The van der Waals surface area contributed by atoms with Crippen molar-refractivity contribution < 1.29 is 15.1 Å². The number of hydrogen-bond donors (Lipinski definition) is 4. The smallest absolute Gasteiger partial charge is 0.255 e. The van der Waals surface area contributed by atoms with Crippen LogP contribution < -0.4 is 11.1 Å². The number of phenolic OH excluding ortho intramolecular Hbond substituents is 1. The Kier molecular flexibility index (Phi) is 4.44. The third-order valence-corrected chi connectivity index (χ3v) is 3.22. The fourth-order valence-electron chi connectivity index (χ4n) is 1.74. The zero-order chi connectivity index (χ0) is 15.4. The summed E-state index contributed by atoms with van der Waals surface area (Å²) in [5.74, 6) is -0.543. The Labute approximate surface area is 129 Å². The van der Waals surface area contributed by atoms with Gasteiger partial charge in [0.05, 0.1) is 5.69 Å². The minimum atomic E-state index is -0.420. The Morgan fingerprint density at radius 3 is 2.67 bits per heavy atom. The number of oxime groups is 1. The molecule has 0 heterocycles. The molecule has 0 radical (unpaired) electrons. The summed E-state index contributed by atoms with van der Waals surface area (Å²) in [5.41, 5.74) is 6.64. The molecule has 108 valence electrons. The molecular weight excluding hydrogens is 338 g/mol. The van der Waals surface area contributed by atoms with Gasteiger partial charge in [-0.1, -0.05) is 27.2 Å². The molecular formula is C14H12BrN3O3. The molecule has 21 heavy (non-hydrogen) atoms. The lowest BCUT2D eigenvalue weighted by Crippen LogP contribution is -2.19. The number of nitrogens with one attached hydrogen (secondary N) is 1. The number of nitrogens with zero attached hydrogens (tertiary/aromatic N) is 1. The summed E-state index contributed by atoms with van der Waals surface area (Å²) < 4.78 is 0.725. The second-order valence-electron chi connectivity index (χ2n) is 4.18. The van der Waals surface area contributed by atoms with Crippen LogP contribution in [0.5, 0.6) is 5.75 Å². The zero-order valence-electron chi connectivity index (χ0n) is 10.7.